The van der Waals surface area contributed by atoms with Crippen LogP contribution in [0.4, 0.5) is 11.4 Å². The molecule has 0 bridgehead atoms. The molecule has 0 aliphatic carbocycles. The number of sulfonamides is 1. The van der Waals surface area contributed by atoms with Crippen LogP contribution in [0.3, 0.4) is 0 Å². The Morgan fingerprint density at radius 1 is 0.931 bits per heavy atom. The Balaban J connectivity index is 1.91. The van der Waals surface area contributed by atoms with Crippen LogP contribution in [0.5, 0.6) is 0 Å². The fraction of sp³-hybridized carbons (Fsp3) is 0.136. The van der Waals surface area contributed by atoms with Crippen molar-refractivity contribution in [2.24, 2.45) is 0 Å². The molecule has 0 unspecified atom stereocenters. The van der Waals surface area contributed by atoms with E-state index in [2.05, 4.69) is 5.32 Å². The van der Waals surface area contributed by atoms with Crippen molar-refractivity contribution in [1.82, 2.24) is 0 Å². The highest BCUT2D eigenvalue weighted by molar-refractivity contribution is 7.92. The first-order valence-corrected chi connectivity index (χ1v) is 10.7. The van der Waals surface area contributed by atoms with Crippen LogP contribution in [0.2, 0.25) is 5.02 Å². The molecule has 1 amide bonds. The Kier molecular flexibility index (Phi) is 5.96. The summed E-state index contributed by atoms with van der Waals surface area (Å²) in [5, 5.41) is 3.05. The van der Waals surface area contributed by atoms with Gasteiger partial charge in [0.1, 0.15) is 0 Å². The molecule has 0 spiro atoms. The van der Waals surface area contributed by atoms with Crippen LogP contribution < -0.4 is 9.62 Å². The zero-order valence-electron chi connectivity index (χ0n) is 16.3. The first-order chi connectivity index (χ1) is 13.7. The summed E-state index contributed by atoms with van der Waals surface area (Å²) in [6.45, 7) is 3.95. The number of anilines is 2. The normalized spacial score (nSPS) is 11.2. The van der Waals surface area contributed by atoms with Crippen LogP contribution in [0.1, 0.15) is 21.5 Å². The largest absolute Gasteiger partial charge is 0.322 e. The van der Waals surface area contributed by atoms with Gasteiger partial charge >= 0.3 is 0 Å². The van der Waals surface area contributed by atoms with E-state index >= 15 is 0 Å². The third-order valence-electron chi connectivity index (χ3n) is 4.72. The molecule has 0 aliphatic heterocycles. The van der Waals surface area contributed by atoms with Gasteiger partial charge < -0.3 is 5.32 Å². The highest BCUT2D eigenvalue weighted by Crippen LogP contribution is 2.27. The van der Waals surface area contributed by atoms with E-state index < -0.39 is 15.9 Å². The zero-order chi connectivity index (χ0) is 21.2. The predicted octanol–water partition coefficient (Wildman–Crippen LogP) is 5.03. The number of rotatable bonds is 5. The van der Waals surface area contributed by atoms with Crippen molar-refractivity contribution < 1.29 is 13.2 Å². The van der Waals surface area contributed by atoms with E-state index in [1.807, 2.05) is 32.0 Å². The van der Waals surface area contributed by atoms with Crippen LogP contribution >= 0.6 is 11.6 Å². The molecule has 0 heterocycles. The SMILES string of the molecule is Cc1ccc(NC(=O)c2cc(N(C)S(=O)(=O)c3ccccc3)ccc2Cl)cc1C. The lowest BCUT2D eigenvalue weighted by atomic mass is 10.1. The van der Waals surface area contributed by atoms with Gasteiger partial charge in [-0.2, -0.15) is 0 Å². The maximum atomic E-state index is 12.9. The number of aryl methyl sites for hydroxylation is 2. The molecule has 29 heavy (non-hydrogen) atoms. The molecule has 150 valence electrons. The van der Waals surface area contributed by atoms with Gasteiger partial charge in [-0.3, -0.25) is 9.10 Å². The Morgan fingerprint density at radius 2 is 1.62 bits per heavy atom. The van der Waals surface area contributed by atoms with Gasteiger partial charge in [0.05, 0.1) is 21.2 Å². The fourth-order valence-electron chi connectivity index (χ4n) is 2.79. The van der Waals surface area contributed by atoms with Crippen LogP contribution in [0, 0.1) is 13.8 Å². The molecule has 3 aromatic carbocycles. The maximum Gasteiger partial charge on any atom is 0.264 e. The average Bonchev–Trinajstić information content (AvgIpc) is 2.71. The van der Waals surface area contributed by atoms with E-state index in [0.29, 0.717) is 11.4 Å². The number of carbonyl (C=O) groups excluding carboxylic acids is 1. The molecule has 0 saturated carbocycles. The summed E-state index contributed by atoms with van der Waals surface area (Å²) < 4.78 is 26.8. The minimum atomic E-state index is -3.76. The van der Waals surface area contributed by atoms with Gasteiger partial charge in [0.25, 0.3) is 15.9 Å². The molecular formula is C22H21ClN2O3S. The van der Waals surface area contributed by atoms with Crippen molar-refractivity contribution in [3.05, 3.63) is 88.4 Å². The minimum absolute atomic E-state index is 0.165. The number of carbonyl (C=O) groups is 1. The van der Waals surface area contributed by atoms with Crippen LogP contribution in [-0.2, 0) is 10.0 Å². The first kappa shape index (κ1) is 20.9. The molecule has 1 N–H and O–H groups in total. The third kappa shape index (κ3) is 4.44. The number of nitrogens with zero attached hydrogens (tertiary/aromatic N) is 1. The van der Waals surface area contributed by atoms with Gasteiger partial charge in [-0.25, -0.2) is 8.42 Å². The van der Waals surface area contributed by atoms with E-state index in [9.17, 15) is 13.2 Å². The molecule has 0 fully saturated rings. The van der Waals surface area contributed by atoms with Crippen molar-refractivity contribution in [2.45, 2.75) is 18.7 Å². The summed E-state index contributed by atoms with van der Waals surface area (Å²) in [6.07, 6.45) is 0. The van der Waals surface area contributed by atoms with E-state index in [-0.39, 0.29) is 15.5 Å². The van der Waals surface area contributed by atoms with Gasteiger partial charge in [-0.05, 0) is 67.4 Å². The Hall–Kier alpha value is -2.83. The second-order valence-electron chi connectivity index (χ2n) is 6.70. The van der Waals surface area contributed by atoms with Crippen LogP contribution in [0.25, 0.3) is 0 Å². The lowest BCUT2D eigenvalue weighted by Crippen LogP contribution is -2.27. The monoisotopic (exact) mass is 428 g/mol. The maximum absolute atomic E-state index is 12.9. The van der Waals surface area contributed by atoms with Gasteiger partial charge in [0.15, 0.2) is 0 Å². The quantitative estimate of drug-likeness (QED) is 0.619. The average molecular weight is 429 g/mol. The summed E-state index contributed by atoms with van der Waals surface area (Å²) in [5.74, 6) is -0.411. The van der Waals surface area contributed by atoms with Gasteiger partial charge in [0.2, 0.25) is 0 Å². The van der Waals surface area contributed by atoms with Crippen molar-refractivity contribution in [2.75, 3.05) is 16.7 Å². The second-order valence-corrected chi connectivity index (χ2v) is 9.08. The van der Waals surface area contributed by atoms with E-state index in [0.717, 1.165) is 15.4 Å². The Bertz CT molecular complexity index is 1160. The van der Waals surface area contributed by atoms with Gasteiger partial charge in [-0.15, -0.1) is 0 Å². The van der Waals surface area contributed by atoms with Crippen molar-refractivity contribution in [3.8, 4) is 0 Å². The highest BCUT2D eigenvalue weighted by Gasteiger charge is 2.22. The molecule has 0 saturated heterocycles. The van der Waals surface area contributed by atoms with Crippen LogP contribution in [-0.4, -0.2) is 21.4 Å². The first-order valence-electron chi connectivity index (χ1n) is 8.92. The van der Waals surface area contributed by atoms with Crippen molar-refractivity contribution >= 4 is 38.9 Å². The Labute approximate surface area is 176 Å². The number of hydrogen-bond donors (Lipinski definition) is 1. The third-order valence-corrected chi connectivity index (χ3v) is 6.85. The lowest BCUT2D eigenvalue weighted by Gasteiger charge is -2.20. The van der Waals surface area contributed by atoms with E-state index in [1.165, 1.54) is 31.3 Å². The summed E-state index contributed by atoms with van der Waals surface area (Å²) >= 11 is 6.22. The fourth-order valence-corrected chi connectivity index (χ4v) is 4.20. The van der Waals surface area contributed by atoms with E-state index in [1.54, 1.807) is 24.3 Å². The topological polar surface area (TPSA) is 66.5 Å². The molecule has 3 rings (SSSR count). The second kappa shape index (κ2) is 8.27. The highest BCUT2D eigenvalue weighted by atomic mass is 35.5. The zero-order valence-corrected chi connectivity index (χ0v) is 17.9. The van der Waals surface area contributed by atoms with Gasteiger partial charge in [0, 0.05) is 12.7 Å². The Morgan fingerprint density at radius 3 is 2.28 bits per heavy atom. The predicted molar refractivity (Wildman–Crippen MR) is 117 cm³/mol. The molecular weight excluding hydrogens is 408 g/mol. The molecule has 0 aliphatic rings. The summed E-state index contributed by atoms with van der Waals surface area (Å²) in [4.78, 5) is 12.9. The standard InChI is InChI=1S/C22H21ClN2O3S/c1-15-9-10-17(13-16(15)2)24-22(26)20-14-18(11-12-21(20)23)25(3)29(27,28)19-7-5-4-6-8-19/h4-14H,1-3H3,(H,24,26). The molecule has 5 nitrogen and oxygen atoms in total. The molecule has 7 heteroatoms. The van der Waals surface area contributed by atoms with Crippen molar-refractivity contribution in [1.29, 1.82) is 0 Å². The number of nitrogens with one attached hydrogen (secondary N) is 1. The molecule has 0 atom stereocenters. The van der Waals surface area contributed by atoms with Crippen molar-refractivity contribution in [3.63, 3.8) is 0 Å². The number of halogens is 1. The van der Waals surface area contributed by atoms with Gasteiger partial charge in [-0.1, -0.05) is 35.9 Å². The summed E-state index contributed by atoms with van der Waals surface area (Å²) in [6, 6.07) is 18.3. The summed E-state index contributed by atoms with van der Waals surface area (Å²) in [5.41, 5.74) is 3.35. The smallest absolute Gasteiger partial charge is 0.264 e. The molecule has 0 radical (unpaired) electrons. The number of benzene rings is 3. The molecule has 3 aromatic rings. The lowest BCUT2D eigenvalue weighted by molar-refractivity contribution is 0.102. The summed E-state index contributed by atoms with van der Waals surface area (Å²) in [7, 11) is -2.32. The molecule has 0 aromatic heterocycles. The van der Waals surface area contributed by atoms with E-state index in [4.69, 9.17) is 11.6 Å². The minimum Gasteiger partial charge on any atom is -0.322 e. The number of amides is 1. The van der Waals surface area contributed by atoms with Crippen LogP contribution in [0.15, 0.2) is 71.6 Å². The number of hydrogen-bond acceptors (Lipinski definition) is 3.